The Balaban J connectivity index is -0.00000154. The predicted molar refractivity (Wildman–Crippen MR) is 146 cm³/mol. The Labute approximate surface area is 238 Å². The third-order valence-corrected chi connectivity index (χ3v) is 6.36. The van der Waals surface area contributed by atoms with Crippen molar-refractivity contribution in [3.8, 4) is 0 Å². The number of hydrogen-bond acceptors (Lipinski definition) is 6. The van der Waals surface area contributed by atoms with E-state index in [1.807, 2.05) is 0 Å². The van der Waals surface area contributed by atoms with Gasteiger partial charge in [0.2, 0.25) is 0 Å². The van der Waals surface area contributed by atoms with E-state index in [9.17, 15) is 8.42 Å². The van der Waals surface area contributed by atoms with Gasteiger partial charge >= 0.3 is 50.4 Å². The molecule has 0 saturated heterocycles. The van der Waals surface area contributed by atoms with Gasteiger partial charge in [0, 0.05) is 0 Å². The van der Waals surface area contributed by atoms with Crippen molar-refractivity contribution in [3.05, 3.63) is 0 Å². The van der Waals surface area contributed by atoms with E-state index in [0.29, 0.717) is 0 Å². The van der Waals surface area contributed by atoms with Crippen LogP contribution in [0, 0.1) is 0 Å². The summed E-state index contributed by atoms with van der Waals surface area (Å²) in [6.45, 7) is 4.98. The molecule has 0 heterocycles. The van der Waals surface area contributed by atoms with Crippen LogP contribution in [-0.4, -0.2) is 68.7 Å². The molecule has 0 aromatic heterocycles. The fraction of sp³-hybridized carbons (Fsp3) is 1.00. The minimum atomic E-state index is -4.67. The molecule has 0 spiro atoms. The van der Waals surface area contributed by atoms with Gasteiger partial charge in [-0.05, 0) is 12.8 Å². The molecule has 0 radical (unpaired) electrons. The van der Waals surface area contributed by atoms with Crippen molar-refractivity contribution in [2.24, 2.45) is 0 Å². The molecule has 0 aromatic rings. The molecule has 0 aliphatic carbocycles. The summed E-state index contributed by atoms with van der Waals surface area (Å²) in [7, 11) is -8.47. The normalized spacial score (nSPS) is 11.5. The average molecular weight is 557 g/mol. The van der Waals surface area contributed by atoms with E-state index in [-0.39, 0.29) is 42.8 Å². The van der Waals surface area contributed by atoms with Crippen LogP contribution < -0.4 is 0 Å². The Morgan fingerprint density at radius 1 is 0.457 bits per heavy atom. The van der Waals surface area contributed by atoms with Crippen molar-refractivity contribution < 1.29 is 34.3 Å². The number of unbranched alkanes of at least 4 members (excludes halogenated alkanes) is 18. The molecule has 0 amide bonds. The van der Waals surface area contributed by atoms with Gasteiger partial charge in [0.15, 0.2) is 0 Å². The van der Waals surface area contributed by atoms with Crippen molar-refractivity contribution in [2.75, 3.05) is 13.2 Å². The summed E-state index contributed by atoms with van der Waals surface area (Å²) in [5.41, 5.74) is 0. The van der Waals surface area contributed by atoms with E-state index in [2.05, 4.69) is 13.8 Å². The van der Waals surface area contributed by atoms with Gasteiger partial charge in [-0.15, -0.1) is 0 Å². The van der Waals surface area contributed by atoms with Gasteiger partial charge < -0.3 is 0 Å². The molecule has 0 atom stereocenters. The number of hydrogen-bond donors (Lipinski definition) is 2. The van der Waals surface area contributed by atoms with Crippen LogP contribution in [0.25, 0.3) is 0 Å². The molecule has 210 valence electrons. The third kappa shape index (κ3) is 45.1. The topological polar surface area (TPSA) is 127 Å². The van der Waals surface area contributed by atoms with E-state index in [1.54, 1.807) is 0 Å². The van der Waals surface area contributed by atoms with Crippen LogP contribution in [-0.2, 0) is 29.2 Å². The SMILES string of the molecule is CCCCCCCCCCCCOS(=O)(=O)OCCCCCCCCCCCC.O=S(=O)(O)O.[NaH]. The summed E-state index contributed by atoms with van der Waals surface area (Å²) < 4.78 is 64.9. The molecule has 11 heteroatoms. The van der Waals surface area contributed by atoms with Crippen molar-refractivity contribution in [3.63, 3.8) is 0 Å². The fourth-order valence-corrected chi connectivity index (χ4v) is 4.25. The Kier molecular flexibility index (Phi) is 33.7. The first-order chi connectivity index (χ1) is 16.1. The second kappa shape index (κ2) is 29.3. The van der Waals surface area contributed by atoms with Crippen LogP contribution in [0.15, 0.2) is 0 Å². The first-order valence-corrected chi connectivity index (χ1v) is 16.1. The van der Waals surface area contributed by atoms with Crippen molar-refractivity contribution in [1.29, 1.82) is 0 Å². The van der Waals surface area contributed by atoms with Crippen LogP contribution >= 0.6 is 0 Å². The second-order valence-electron chi connectivity index (χ2n) is 8.86. The van der Waals surface area contributed by atoms with E-state index >= 15 is 0 Å². The summed E-state index contributed by atoms with van der Waals surface area (Å²) >= 11 is 0. The molecular formula is C24H53NaO8S2. The van der Waals surface area contributed by atoms with Crippen molar-refractivity contribution >= 4 is 50.4 Å². The van der Waals surface area contributed by atoms with Gasteiger partial charge in [-0.25, -0.2) is 8.37 Å². The summed E-state index contributed by atoms with van der Waals surface area (Å²) in [6.07, 6.45) is 24.4. The van der Waals surface area contributed by atoms with Gasteiger partial charge in [0.25, 0.3) is 0 Å². The molecule has 0 aliphatic rings. The Morgan fingerprint density at radius 3 is 0.886 bits per heavy atom. The van der Waals surface area contributed by atoms with Crippen molar-refractivity contribution in [1.82, 2.24) is 0 Å². The monoisotopic (exact) mass is 556 g/mol. The van der Waals surface area contributed by atoms with Crippen LogP contribution in [0.5, 0.6) is 0 Å². The van der Waals surface area contributed by atoms with Crippen LogP contribution in [0.1, 0.15) is 142 Å². The van der Waals surface area contributed by atoms with Gasteiger partial charge in [0.05, 0.1) is 13.2 Å². The summed E-state index contributed by atoms with van der Waals surface area (Å²) in [5.74, 6) is 0. The molecule has 8 nitrogen and oxygen atoms in total. The molecule has 2 N–H and O–H groups in total. The molecule has 0 aromatic carbocycles. The zero-order valence-corrected chi connectivity index (χ0v) is 23.3. The van der Waals surface area contributed by atoms with Gasteiger partial charge in [0.1, 0.15) is 0 Å². The molecule has 0 unspecified atom stereocenters. The predicted octanol–water partition coefficient (Wildman–Crippen LogP) is 6.80. The molecule has 35 heavy (non-hydrogen) atoms. The van der Waals surface area contributed by atoms with Crippen LogP contribution in [0.2, 0.25) is 0 Å². The Bertz CT molecular complexity index is 573. The summed E-state index contributed by atoms with van der Waals surface area (Å²) in [4.78, 5) is 0. The maximum atomic E-state index is 11.7. The summed E-state index contributed by atoms with van der Waals surface area (Å²) in [5, 5.41) is 0. The van der Waals surface area contributed by atoms with Gasteiger partial charge in [-0.2, -0.15) is 16.8 Å². The van der Waals surface area contributed by atoms with Gasteiger partial charge in [-0.1, -0.05) is 129 Å². The molecule has 0 fully saturated rings. The molecule has 0 saturated carbocycles. The van der Waals surface area contributed by atoms with Crippen LogP contribution in [0.3, 0.4) is 0 Å². The average Bonchev–Trinajstić information content (AvgIpc) is 2.74. The zero-order valence-electron chi connectivity index (χ0n) is 21.7. The van der Waals surface area contributed by atoms with Crippen LogP contribution in [0.4, 0.5) is 0 Å². The first kappa shape index (κ1) is 40.2. The minimum absolute atomic E-state index is 0. The van der Waals surface area contributed by atoms with E-state index in [4.69, 9.17) is 25.9 Å². The fourth-order valence-electron chi connectivity index (χ4n) is 3.53. The van der Waals surface area contributed by atoms with E-state index in [1.165, 1.54) is 89.9 Å². The molecule has 0 rings (SSSR count). The zero-order chi connectivity index (χ0) is 26.0. The standard InChI is InChI=1S/C24H50O4S.Na.H2O4S.H/c1-3-5-7-9-11-13-15-17-19-21-23-27-29(25,26)28-24-22-20-18-16-14-12-10-8-6-4-2;;1-5(2,3)4;/h3-24H2,1-2H3;;(H2,1,2,3,4);. The molecular weight excluding hydrogens is 503 g/mol. The second-order valence-corrected chi connectivity index (χ2v) is 11.0. The quantitative estimate of drug-likeness (QED) is 0.0754. The Morgan fingerprint density at radius 2 is 0.657 bits per heavy atom. The summed E-state index contributed by atoms with van der Waals surface area (Å²) in [6, 6.07) is 0. The maximum absolute atomic E-state index is 11.7. The van der Waals surface area contributed by atoms with Gasteiger partial charge in [-0.3, -0.25) is 9.11 Å². The molecule has 0 aliphatic heterocycles. The first-order valence-electron chi connectivity index (χ1n) is 13.4. The number of rotatable bonds is 24. The van der Waals surface area contributed by atoms with Crippen molar-refractivity contribution in [2.45, 2.75) is 142 Å². The third-order valence-electron chi connectivity index (χ3n) is 5.45. The Hall–Kier alpha value is 0.740. The van der Waals surface area contributed by atoms with E-state index < -0.39 is 20.8 Å². The molecule has 0 bridgehead atoms. The van der Waals surface area contributed by atoms with E-state index in [0.717, 1.165) is 38.5 Å².